The monoisotopic (exact) mass is 651 g/mol. The van der Waals surface area contributed by atoms with E-state index >= 15 is 0 Å². The van der Waals surface area contributed by atoms with E-state index in [4.69, 9.17) is 26.1 Å². The molecule has 1 fully saturated rings. The minimum absolute atomic E-state index is 0.00893. The van der Waals surface area contributed by atoms with Crippen molar-refractivity contribution in [1.29, 1.82) is 0 Å². The molecule has 3 atom stereocenters. The molecule has 0 radical (unpaired) electrons. The lowest BCUT2D eigenvalue weighted by atomic mass is 9.84. The summed E-state index contributed by atoms with van der Waals surface area (Å²) in [6.45, 7) is 3.12. The summed E-state index contributed by atoms with van der Waals surface area (Å²) >= 11 is 6.29. The first-order valence-electron chi connectivity index (χ1n) is 15.7. The van der Waals surface area contributed by atoms with E-state index in [1.165, 1.54) is 7.11 Å². The normalized spacial score (nSPS) is 16.9. The van der Waals surface area contributed by atoms with E-state index in [0.29, 0.717) is 30.3 Å². The Bertz CT molecular complexity index is 1740. The molecule has 6 rings (SSSR count). The van der Waals surface area contributed by atoms with Crippen molar-refractivity contribution in [2.45, 2.75) is 43.9 Å². The lowest BCUT2D eigenvalue weighted by molar-refractivity contribution is -0.118. The van der Waals surface area contributed by atoms with Crippen LogP contribution < -0.4 is 16.0 Å². The molecule has 1 saturated heterocycles. The van der Waals surface area contributed by atoms with Gasteiger partial charge in [0.05, 0.1) is 36.9 Å². The largest absolute Gasteiger partial charge is 0.453 e. The minimum atomic E-state index is -0.943. The third kappa shape index (κ3) is 7.65. The van der Waals surface area contributed by atoms with Gasteiger partial charge < -0.3 is 30.4 Å². The quantitative estimate of drug-likeness (QED) is 0.134. The number of benzene rings is 4. The van der Waals surface area contributed by atoms with E-state index < -0.39 is 18.1 Å². The molecule has 0 saturated carbocycles. The number of morpholine rings is 1. The predicted octanol–water partition coefficient (Wildman–Crippen LogP) is 6.68. The minimum Gasteiger partial charge on any atom is -0.453 e. The number of methoxy groups -OCH3 is 1. The van der Waals surface area contributed by atoms with Crippen LogP contribution in [0, 0.1) is 6.92 Å². The van der Waals surface area contributed by atoms with Crippen LogP contribution >= 0.6 is 11.6 Å². The van der Waals surface area contributed by atoms with Gasteiger partial charge in [0.25, 0.3) is 0 Å². The Morgan fingerprint density at radius 3 is 2.34 bits per heavy atom. The lowest BCUT2D eigenvalue weighted by Gasteiger charge is -2.30. The fourth-order valence-corrected chi connectivity index (χ4v) is 6.24. The van der Waals surface area contributed by atoms with Crippen molar-refractivity contribution in [3.63, 3.8) is 0 Å². The molecule has 10 heteroatoms. The lowest BCUT2D eigenvalue weighted by Crippen LogP contribution is -2.48. The van der Waals surface area contributed by atoms with Crippen molar-refractivity contribution in [2.24, 2.45) is 0 Å². The number of nitrogens with one attached hydrogen (secondary N) is 4. The number of fused-ring (bicyclic) bond motifs is 1. The number of H-pyrrole nitrogens is 1. The number of aromatic amines is 1. The number of alkyl carbamates (subject to hydrolysis) is 1. The highest BCUT2D eigenvalue weighted by atomic mass is 35.5. The zero-order valence-electron chi connectivity index (χ0n) is 26.3. The summed E-state index contributed by atoms with van der Waals surface area (Å²) in [4.78, 5) is 34.7. The van der Waals surface area contributed by atoms with E-state index in [-0.39, 0.29) is 18.1 Å². The van der Waals surface area contributed by atoms with Gasteiger partial charge in [-0.25, -0.2) is 9.78 Å². The first-order valence-corrected chi connectivity index (χ1v) is 16.1. The Balaban J connectivity index is 1.13. The number of ether oxygens (including phenoxy) is 2. The van der Waals surface area contributed by atoms with Crippen molar-refractivity contribution < 1.29 is 19.1 Å². The number of nitrogens with zero attached hydrogens (tertiary/aromatic N) is 1. The van der Waals surface area contributed by atoms with Crippen molar-refractivity contribution in [2.75, 3.05) is 25.6 Å². The predicted molar refractivity (Wildman–Crippen MR) is 184 cm³/mol. The average molecular weight is 652 g/mol. The number of para-hydroxylation sites is 1. The molecule has 0 bridgehead atoms. The van der Waals surface area contributed by atoms with Gasteiger partial charge in [0.2, 0.25) is 5.91 Å². The van der Waals surface area contributed by atoms with Crippen molar-refractivity contribution in [3.8, 4) is 0 Å². The third-order valence-electron chi connectivity index (χ3n) is 8.60. The number of imidazole rings is 1. The standard InChI is InChI=1S/C37H38ClN5O4/c1-23-19-30-31(20-28(23)38)41-35(40-30)32-22-47-27(21-39-32)18-17-24-11-9-10-16-29(24)42-36(44)34(43-37(45)46-2)33(25-12-5-3-6-13-25)26-14-7-4-8-15-26/h3-16,19-20,27,32-34,39H,17-18,21-22H2,1-2H3,(H,40,41)(H,42,44)(H,43,45)/t27-,32+,34+/m1/s1. The molecule has 2 heterocycles. The summed E-state index contributed by atoms with van der Waals surface area (Å²) in [5.41, 5.74) is 6.24. The maximum absolute atomic E-state index is 14.1. The smallest absolute Gasteiger partial charge is 0.407 e. The number of aryl methyl sites for hydroxylation is 2. The number of amides is 2. The van der Waals surface area contributed by atoms with Crippen LogP contribution in [0.5, 0.6) is 0 Å². The van der Waals surface area contributed by atoms with Gasteiger partial charge in [0, 0.05) is 23.2 Å². The topological polar surface area (TPSA) is 117 Å². The highest BCUT2D eigenvalue weighted by Crippen LogP contribution is 2.30. The average Bonchev–Trinajstić information content (AvgIpc) is 3.51. The number of carbonyl (C=O) groups excluding carboxylic acids is 2. The number of hydrogen-bond donors (Lipinski definition) is 4. The second-order valence-electron chi connectivity index (χ2n) is 11.8. The number of rotatable bonds is 10. The van der Waals surface area contributed by atoms with Crippen LogP contribution in [0.2, 0.25) is 5.02 Å². The molecule has 1 aliphatic heterocycles. The molecule has 2 amide bonds. The Kier molecular flexibility index (Phi) is 10.2. The van der Waals surface area contributed by atoms with E-state index in [1.54, 1.807) is 0 Å². The zero-order valence-corrected chi connectivity index (χ0v) is 27.1. The van der Waals surface area contributed by atoms with Crippen molar-refractivity contribution >= 4 is 40.3 Å². The molecule has 0 aliphatic carbocycles. The highest BCUT2D eigenvalue weighted by molar-refractivity contribution is 6.32. The fourth-order valence-electron chi connectivity index (χ4n) is 6.08. The molecule has 1 aliphatic rings. The highest BCUT2D eigenvalue weighted by Gasteiger charge is 2.33. The first kappa shape index (κ1) is 32.2. The summed E-state index contributed by atoms with van der Waals surface area (Å²) in [7, 11) is 1.29. The maximum Gasteiger partial charge on any atom is 0.407 e. The second kappa shape index (κ2) is 14.8. The summed E-state index contributed by atoms with van der Waals surface area (Å²) in [6, 6.07) is 30.0. The van der Waals surface area contributed by atoms with Gasteiger partial charge in [0.1, 0.15) is 11.9 Å². The van der Waals surface area contributed by atoms with Gasteiger partial charge in [-0.3, -0.25) is 4.79 Å². The third-order valence-corrected chi connectivity index (χ3v) is 9.01. The number of aromatic nitrogens is 2. The molecule has 9 nitrogen and oxygen atoms in total. The van der Waals surface area contributed by atoms with E-state index in [2.05, 4.69) is 20.9 Å². The summed E-state index contributed by atoms with van der Waals surface area (Å²) < 4.78 is 11.2. The van der Waals surface area contributed by atoms with Gasteiger partial charge in [0.15, 0.2) is 0 Å². The number of anilines is 1. The summed E-state index contributed by atoms with van der Waals surface area (Å²) in [5.74, 6) is 0.0278. The van der Waals surface area contributed by atoms with Crippen molar-refractivity contribution in [1.82, 2.24) is 20.6 Å². The van der Waals surface area contributed by atoms with Gasteiger partial charge in [-0.2, -0.15) is 0 Å². The summed E-state index contributed by atoms with van der Waals surface area (Å²) in [5, 5.41) is 10.2. The fraction of sp³-hybridized carbons (Fsp3) is 0.270. The number of halogens is 1. The van der Waals surface area contributed by atoms with Crippen LogP contribution in [-0.2, 0) is 20.7 Å². The molecule has 47 heavy (non-hydrogen) atoms. The zero-order chi connectivity index (χ0) is 32.8. The Hall–Kier alpha value is -4.70. The maximum atomic E-state index is 14.1. The van der Waals surface area contributed by atoms with Crippen LogP contribution in [0.4, 0.5) is 10.5 Å². The van der Waals surface area contributed by atoms with Crippen molar-refractivity contribution in [3.05, 3.63) is 130 Å². The van der Waals surface area contributed by atoms with E-state index in [9.17, 15) is 9.59 Å². The Labute approximate surface area is 279 Å². The van der Waals surface area contributed by atoms with Crippen LogP contribution in [0.1, 0.15) is 46.5 Å². The van der Waals surface area contributed by atoms with Gasteiger partial charge in [-0.05, 0) is 60.2 Å². The Morgan fingerprint density at radius 1 is 1.00 bits per heavy atom. The van der Waals surface area contributed by atoms with Crippen LogP contribution in [0.25, 0.3) is 11.0 Å². The molecular weight excluding hydrogens is 614 g/mol. The van der Waals surface area contributed by atoms with Gasteiger partial charge in [-0.15, -0.1) is 0 Å². The Morgan fingerprint density at radius 2 is 1.68 bits per heavy atom. The van der Waals surface area contributed by atoms with Crippen LogP contribution in [0.15, 0.2) is 97.1 Å². The molecule has 1 aromatic heterocycles. The molecule has 4 N–H and O–H groups in total. The van der Waals surface area contributed by atoms with Gasteiger partial charge >= 0.3 is 6.09 Å². The van der Waals surface area contributed by atoms with Crippen LogP contribution in [-0.4, -0.2) is 54.4 Å². The second-order valence-corrected chi connectivity index (χ2v) is 12.2. The summed E-state index contributed by atoms with van der Waals surface area (Å²) in [6.07, 6.45) is 0.746. The van der Waals surface area contributed by atoms with Crippen LogP contribution in [0.3, 0.4) is 0 Å². The SMILES string of the molecule is COC(=O)N[C@H](C(=O)Nc1ccccc1CC[C@@H]1CN[C@H](c2nc3cc(Cl)c(C)cc3[nH]2)CO1)C(c1ccccc1)c1ccccc1. The molecule has 5 aromatic rings. The number of hydrogen-bond acceptors (Lipinski definition) is 6. The van der Waals surface area contributed by atoms with E-state index in [0.717, 1.165) is 45.5 Å². The molecular formula is C37H38ClN5O4. The first-order chi connectivity index (χ1) is 22.9. The molecule has 0 spiro atoms. The molecule has 4 aromatic carbocycles. The van der Waals surface area contributed by atoms with Gasteiger partial charge in [-0.1, -0.05) is 90.5 Å². The molecule has 0 unspecified atom stereocenters. The molecule has 242 valence electrons. The van der Waals surface area contributed by atoms with E-state index in [1.807, 2.05) is 104 Å². The number of carbonyl (C=O) groups is 2.